The van der Waals surface area contributed by atoms with Crippen molar-refractivity contribution in [2.24, 2.45) is 0 Å². The number of esters is 1. The number of methoxy groups -OCH3 is 1. The van der Waals surface area contributed by atoms with Crippen LogP contribution in [0.2, 0.25) is 0 Å². The first-order valence-corrected chi connectivity index (χ1v) is 12.7. The molecule has 2 saturated heterocycles. The van der Waals surface area contributed by atoms with E-state index in [1.165, 1.54) is 25.3 Å². The van der Waals surface area contributed by atoms with Gasteiger partial charge in [0.05, 0.1) is 25.4 Å². The van der Waals surface area contributed by atoms with Gasteiger partial charge in [-0.05, 0) is 63.6 Å². The molecule has 1 aromatic carbocycles. The number of hydrogen-bond donors (Lipinski definition) is 0. The van der Waals surface area contributed by atoms with Gasteiger partial charge in [-0.2, -0.15) is 0 Å². The molecule has 1 saturated carbocycles. The molecule has 37 heavy (non-hydrogen) atoms. The molecular weight excluding hydrogens is 482 g/mol. The summed E-state index contributed by atoms with van der Waals surface area (Å²) < 4.78 is 45.9. The Bertz CT molecular complexity index is 1310. The van der Waals surface area contributed by atoms with Crippen LogP contribution in [0.15, 0.2) is 28.8 Å². The van der Waals surface area contributed by atoms with Gasteiger partial charge in [0, 0.05) is 29.3 Å². The fraction of sp³-hybridized carbons (Fsp3) is 0.481. The van der Waals surface area contributed by atoms with Gasteiger partial charge >= 0.3 is 5.97 Å². The van der Waals surface area contributed by atoms with E-state index in [0.29, 0.717) is 23.0 Å². The van der Waals surface area contributed by atoms with Crippen LogP contribution in [0.1, 0.15) is 71.9 Å². The van der Waals surface area contributed by atoms with E-state index in [-0.39, 0.29) is 47.7 Å². The van der Waals surface area contributed by atoms with E-state index in [0.717, 1.165) is 38.5 Å². The molecule has 1 aliphatic carbocycles. The molecule has 0 amide bonds. The third-order valence-electron chi connectivity index (χ3n) is 7.59. The zero-order valence-corrected chi connectivity index (χ0v) is 20.7. The Balaban J connectivity index is 1.21. The summed E-state index contributed by atoms with van der Waals surface area (Å²) in [7, 11) is 1.34. The Labute approximate surface area is 213 Å². The lowest BCUT2D eigenvalue weighted by Crippen LogP contribution is -2.46. The second-order valence-corrected chi connectivity index (χ2v) is 10.1. The molecule has 8 nitrogen and oxygen atoms in total. The van der Waals surface area contributed by atoms with Gasteiger partial charge in [-0.15, -0.1) is 0 Å². The lowest BCUT2D eigenvalue weighted by molar-refractivity contribution is 0.0144. The lowest BCUT2D eigenvalue weighted by atomic mass is 9.99. The highest BCUT2D eigenvalue weighted by Gasteiger charge is 2.43. The van der Waals surface area contributed by atoms with Gasteiger partial charge in [0.1, 0.15) is 23.1 Å². The second kappa shape index (κ2) is 9.48. The van der Waals surface area contributed by atoms with Gasteiger partial charge in [-0.1, -0.05) is 11.2 Å². The number of benzene rings is 1. The summed E-state index contributed by atoms with van der Waals surface area (Å²) in [5.74, 6) is -0.407. The fourth-order valence-electron chi connectivity index (χ4n) is 5.72. The fourth-order valence-corrected chi connectivity index (χ4v) is 5.72. The van der Waals surface area contributed by atoms with Crippen molar-refractivity contribution in [1.29, 1.82) is 0 Å². The first-order chi connectivity index (χ1) is 17.9. The number of carbonyl (C=O) groups is 1. The molecule has 0 unspecified atom stereocenters. The number of nitrogens with zero attached hydrogens (tertiary/aromatic N) is 4. The Hall–Kier alpha value is -3.40. The summed E-state index contributed by atoms with van der Waals surface area (Å²) in [5, 5.41) is 4.07. The number of halogens is 2. The highest BCUT2D eigenvalue weighted by atomic mass is 19.1. The summed E-state index contributed by atoms with van der Waals surface area (Å²) in [6, 6.07) is 5.75. The highest BCUT2D eigenvalue weighted by molar-refractivity contribution is 5.87. The van der Waals surface area contributed by atoms with Crippen molar-refractivity contribution in [3.63, 3.8) is 0 Å². The van der Waals surface area contributed by atoms with Gasteiger partial charge in [-0.3, -0.25) is 0 Å². The van der Waals surface area contributed by atoms with Crippen LogP contribution in [0.5, 0.6) is 0 Å². The van der Waals surface area contributed by atoms with Crippen LogP contribution in [-0.4, -0.2) is 46.4 Å². The molecular formula is C27H28F2N4O4. The predicted molar refractivity (Wildman–Crippen MR) is 129 cm³/mol. The van der Waals surface area contributed by atoms with Crippen molar-refractivity contribution >= 4 is 11.9 Å². The minimum atomic E-state index is -0.673. The molecule has 0 radical (unpaired) electrons. The molecule has 6 rings (SSSR count). The van der Waals surface area contributed by atoms with Crippen LogP contribution in [-0.2, 0) is 16.1 Å². The molecule has 2 aromatic heterocycles. The van der Waals surface area contributed by atoms with Crippen molar-refractivity contribution < 1.29 is 27.6 Å². The standard InChI is InChI=1S/C27H28F2N4O4/c1-14-10-22(26(34)35-2)31-27(30-14)33-16-8-9-17(33)12-18(11-16)36-13-19-24(32-37-25(19)15-6-7-15)23-20(28)4-3-5-21(23)29/h3-5,10,15-18H,6-9,11-13H2,1-2H3/t16-,17+,18-. The molecule has 2 aliphatic heterocycles. The topological polar surface area (TPSA) is 90.6 Å². The molecule has 3 atom stereocenters. The van der Waals surface area contributed by atoms with E-state index in [1.807, 2.05) is 6.92 Å². The summed E-state index contributed by atoms with van der Waals surface area (Å²) >= 11 is 0. The molecule has 3 fully saturated rings. The number of piperidine rings is 1. The van der Waals surface area contributed by atoms with Gasteiger partial charge in [0.15, 0.2) is 5.69 Å². The van der Waals surface area contributed by atoms with Gasteiger partial charge in [0.2, 0.25) is 5.95 Å². The maximum Gasteiger partial charge on any atom is 0.356 e. The second-order valence-electron chi connectivity index (χ2n) is 10.1. The molecule has 3 aliphatic rings. The number of aromatic nitrogens is 3. The zero-order valence-electron chi connectivity index (χ0n) is 20.7. The normalized spacial score (nSPS) is 22.9. The smallest absolute Gasteiger partial charge is 0.356 e. The largest absolute Gasteiger partial charge is 0.464 e. The number of anilines is 1. The van der Waals surface area contributed by atoms with Crippen LogP contribution in [0.3, 0.4) is 0 Å². The number of carbonyl (C=O) groups excluding carboxylic acids is 1. The number of ether oxygens (including phenoxy) is 2. The quantitative estimate of drug-likeness (QED) is 0.406. The third kappa shape index (κ3) is 4.47. The minimum Gasteiger partial charge on any atom is -0.464 e. The summed E-state index contributed by atoms with van der Waals surface area (Å²) in [6.07, 6.45) is 5.36. The van der Waals surface area contributed by atoms with Crippen molar-refractivity contribution in [3.05, 3.63) is 58.6 Å². The van der Waals surface area contributed by atoms with Gasteiger partial charge in [-0.25, -0.2) is 23.5 Å². The van der Waals surface area contributed by atoms with Crippen molar-refractivity contribution in [2.75, 3.05) is 12.0 Å². The monoisotopic (exact) mass is 510 g/mol. The van der Waals surface area contributed by atoms with Crippen molar-refractivity contribution in [1.82, 2.24) is 15.1 Å². The average molecular weight is 511 g/mol. The summed E-state index contributed by atoms with van der Waals surface area (Å²) in [4.78, 5) is 23.4. The molecule has 3 aromatic rings. The van der Waals surface area contributed by atoms with E-state index in [4.69, 9.17) is 14.0 Å². The average Bonchev–Trinajstić information content (AvgIpc) is 3.59. The van der Waals surface area contributed by atoms with E-state index >= 15 is 0 Å². The zero-order chi connectivity index (χ0) is 25.7. The third-order valence-corrected chi connectivity index (χ3v) is 7.59. The predicted octanol–water partition coefficient (Wildman–Crippen LogP) is 5.10. The van der Waals surface area contributed by atoms with E-state index in [2.05, 4.69) is 20.0 Å². The van der Waals surface area contributed by atoms with Crippen LogP contribution in [0, 0.1) is 18.6 Å². The number of fused-ring (bicyclic) bond motifs is 2. The van der Waals surface area contributed by atoms with Crippen LogP contribution in [0.4, 0.5) is 14.7 Å². The number of rotatable bonds is 7. The molecule has 10 heteroatoms. The van der Waals surface area contributed by atoms with Crippen LogP contribution < -0.4 is 4.90 Å². The number of aryl methyl sites for hydroxylation is 1. The lowest BCUT2D eigenvalue weighted by Gasteiger charge is -2.39. The van der Waals surface area contributed by atoms with E-state index < -0.39 is 17.6 Å². The maximum absolute atomic E-state index is 14.6. The van der Waals surface area contributed by atoms with Crippen molar-refractivity contribution in [2.45, 2.75) is 76.2 Å². The molecule has 2 bridgehead atoms. The van der Waals surface area contributed by atoms with Crippen LogP contribution >= 0.6 is 0 Å². The first-order valence-electron chi connectivity index (χ1n) is 12.7. The maximum atomic E-state index is 14.6. The van der Waals surface area contributed by atoms with E-state index in [9.17, 15) is 13.6 Å². The van der Waals surface area contributed by atoms with Gasteiger partial charge < -0.3 is 18.9 Å². The van der Waals surface area contributed by atoms with Gasteiger partial charge in [0.25, 0.3) is 0 Å². The van der Waals surface area contributed by atoms with Crippen LogP contribution in [0.25, 0.3) is 11.3 Å². The Kier molecular flexibility index (Phi) is 6.14. The first kappa shape index (κ1) is 24.0. The van der Waals surface area contributed by atoms with E-state index in [1.54, 1.807) is 6.07 Å². The molecule has 4 heterocycles. The number of hydrogen-bond acceptors (Lipinski definition) is 8. The molecule has 0 spiro atoms. The Morgan fingerprint density at radius 3 is 2.46 bits per heavy atom. The molecule has 0 N–H and O–H groups in total. The Morgan fingerprint density at radius 2 is 1.81 bits per heavy atom. The Morgan fingerprint density at radius 1 is 1.11 bits per heavy atom. The summed E-state index contributed by atoms with van der Waals surface area (Å²) in [5.41, 5.74) is 1.59. The minimum absolute atomic E-state index is 0.0427. The summed E-state index contributed by atoms with van der Waals surface area (Å²) in [6.45, 7) is 2.01. The molecule has 194 valence electrons. The SMILES string of the molecule is COC(=O)c1cc(C)nc(N2[C@@H]3CC[C@H]2C[C@H](OCc2c(-c4c(F)cccc4F)noc2C2CC2)C3)n1. The highest BCUT2D eigenvalue weighted by Crippen LogP contribution is 2.45. The van der Waals surface area contributed by atoms with Crippen molar-refractivity contribution in [3.8, 4) is 11.3 Å².